The Labute approximate surface area is 150 Å². The standard InChI is InChI=1S/C18H18ClN3O3/c1-11(23)21(2)17-18(24)22(25)16(12-6-4-3-5-7-12)14-10-13(19)8-9-15(14)20-17/h3-11,18,23-24H,1-2H3. The minimum Gasteiger partial charge on any atom is -0.621 e. The molecule has 6 nitrogen and oxygen atoms in total. The third-order valence-corrected chi connectivity index (χ3v) is 4.33. The van der Waals surface area contributed by atoms with Gasteiger partial charge in [-0.1, -0.05) is 29.8 Å². The lowest BCUT2D eigenvalue weighted by molar-refractivity contribution is -0.528. The van der Waals surface area contributed by atoms with Gasteiger partial charge in [0.25, 0.3) is 0 Å². The van der Waals surface area contributed by atoms with Crippen molar-refractivity contribution < 1.29 is 15.0 Å². The molecule has 1 heterocycles. The number of hydrogen-bond acceptors (Lipinski definition) is 5. The second-order valence-electron chi connectivity index (χ2n) is 5.79. The fourth-order valence-corrected chi connectivity index (χ4v) is 2.83. The molecule has 0 spiro atoms. The van der Waals surface area contributed by atoms with Gasteiger partial charge < -0.3 is 20.3 Å². The van der Waals surface area contributed by atoms with Crippen LogP contribution >= 0.6 is 11.6 Å². The van der Waals surface area contributed by atoms with Crippen molar-refractivity contribution in [2.45, 2.75) is 19.4 Å². The molecule has 2 unspecified atom stereocenters. The maximum Gasteiger partial charge on any atom is 0.325 e. The molecular formula is C18H18ClN3O3. The van der Waals surface area contributed by atoms with Crippen LogP contribution in [-0.2, 0) is 0 Å². The Morgan fingerprint density at radius 2 is 1.92 bits per heavy atom. The molecular weight excluding hydrogens is 342 g/mol. The van der Waals surface area contributed by atoms with Gasteiger partial charge in [0.1, 0.15) is 6.23 Å². The minimum absolute atomic E-state index is 0.0551. The number of nitrogens with zero attached hydrogens (tertiary/aromatic N) is 3. The second-order valence-corrected chi connectivity index (χ2v) is 6.22. The molecule has 0 bridgehead atoms. The molecule has 25 heavy (non-hydrogen) atoms. The topological polar surface area (TPSA) is 82.1 Å². The molecule has 0 saturated carbocycles. The highest BCUT2D eigenvalue weighted by Crippen LogP contribution is 2.29. The van der Waals surface area contributed by atoms with Gasteiger partial charge in [-0.15, -0.1) is 0 Å². The van der Waals surface area contributed by atoms with Crippen LogP contribution < -0.4 is 0 Å². The van der Waals surface area contributed by atoms with E-state index in [1.807, 2.05) is 6.07 Å². The molecule has 2 N–H and O–H groups in total. The molecule has 7 heteroatoms. The van der Waals surface area contributed by atoms with Gasteiger partial charge in [0, 0.05) is 17.6 Å². The van der Waals surface area contributed by atoms with Gasteiger partial charge in [-0.2, -0.15) is 4.74 Å². The minimum atomic E-state index is -1.57. The van der Waals surface area contributed by atoms with Crippen molar-refractivity contribution in [3.63, 3.8) is 0 Å². The average molecular weight is 360 g/mol. The molecule has 1 aliphatic rings. The van der Waals surface area contributed by atoms with Crippen molar-refractivity contribution in [1.82, 2.24) is 4.90 Å². The van der Waals surface area contributed by atoms with Crippen LogP contribution in [0.15, 0.2) is 53.5 Å². The average Bonchev–Trinajstić information content (AvgIpc) is 2.70. The van der Waals surface area contributed by atoms with Crippen LogP contribution in [-0.4, -0.2) is 50.9 Å². The summed E-state index contributed by atoms with van der Waals surface area (Å²) < 4.78 is 0.495. The van der Waals surface area contributed by atoms with E-state index in [1.165, 1.54) is 11.8 Å². The number of fused-ring (bicyclic) bond motifs is 1. The molecule has 2 atom stereocenters. The summed E-state index contributed by atoms with van der Waals surface area (Å²) in [6.07, 6.45) is -2.49. The smallest absolute Gasteiger partial charge is 0.325 e. The first-order valence-corrected chi connectivity index (χ1v) is 8.14. The van der Waals surface area contributed by atoms with E-state index >= 15 is 0 Å². The van der Waals surface area contributed by atoms with Crippen LogP contribution in [0.25, 0.3) is 0 Å². The van der Waals surface area contributed by atoms with Gasteiger partial charge in [0.2, 0.25) is 11.5 Å². The Bertz CT molecular complexity index is 850. The fourth-order valence-electron chi connectivity index (χ4n) is 2.65. The summed E-state index contributed by atoms with van der Waals surface area (Å²) in [6.45, 7) is 1.53. The Hall–Kier alpha value is -2.41. The van der Waals surface area contributed by atoms with Gasteiger partial charge in [0.15, 0.2) is 0 Å². The summed E-state index contributed by atoms with van der Waals surface area (Å²) >= 11 is 6.12. The summed E-state index contributed by atoms with van der Waals surface area (Å²) in [4.78, 5) is 5.77. The van der Waals surface area contributed by atoms with Gasteiger partial charge in [-0.05, 0) is 37.3 Å². The quantitative estimate of drug-likeness (QED) is 0.490. The van der Waals surface area contributed by atoms with E-state index in [0.29, 0.717) is 26.6 Å². The summed E-state index contributed by atoms with van der Waals surface area (Å²) in [7, 11) is 1.56. The van der Waals surface area contributed by atoms with Crippen LogP contribution in [0.1, 0.15) is 18.1 Å². The molecule has 0 fully saturated rings. The van der Waals surface area contributed by atoms with E-state index in [9.17, 15) is 15.4 Å². The number of aliphatic hydroxyl groups excluding tert-OH is 2. The van der Waals surface area contributed by atoms with Crippen LogP contribution in [0, 0.1) is 5.21 Å². The van der Waals surface area contributed by atoms with E-state index in [-0.39, 0.29) is 11.5 Å². The summed E-state index contributed by atoms with van der Waals surface area (Å²) in [5.41, 5.74) is 1.91. The Kier molecular flexibility index (Phi) is 4.76. The first-order chi connectivity index (χ1) is 11.9. The molecule has 130 valence electrons. The van der Waals surface area contributed by atoms with Crippen molar-refractivity contribution in [2.75, 3.05) is 7.05 Å². The van der Waals surface area contributed by atoms with Gasteiger partial charge >= 0.3 is 6.23 Å². The highest BCUT2D eigenvalue weighted by Gasteiger charge is 2.34. The molecule has 0 aliphatic carbocycles. The Balaban J connectivity index is 2.29. The molecule has 3 rings (SSSR count). The normalized spacial score (nSPS) is 18.3. The summed E-state index contributed by atoms with van der Waals surface area (Å²) in [5.74, 6) is 0.0551. The zero-order chi connectivity index (χ0) is 18.1. The van der Waals surface area contributed by atoms with E-state index in [4.69, 9.17) is 11.6 Å². The van der Waals surface area contributed by atoms with Crippen molar-refractivity contribution in [3.8, 4) is 0 Å². The van der Waals surface area contributed by atoms with Crippen LogP contribution in [0.4, 0.5) is 5.69 Å². The van der Waals surface area contributed by atoms with Gasteiger partial charge in [0.05, 0.1) is 11.3 Å². The number of amidine groups is 1. The maximum atomic E-state index is 13.0. The molecule has 2 aromatic carbocycles. The monoisotopic (exact) mass is 359 g/mol. The van der Waals surface area contributed by atoms with E-state index in [2.05, 4.69) is 4.99 Å². The van der Waals surface area contributed by atoms with E-state index < -0.39 is 12.5 Å². The number of rotatable bonds is 2. The third-order valence-electron chi connectivity index (χ3n) is 4.09. The largest absolute Gasteiger partial charge is 0.621 e. The second kappa shape index (κ2) is 6.84. The molecule has 0 aromatic heterocycles. The Morgan fingerprint density at radius 3 is 2.56 bits per heavy atom. The molecule has 2 aromatic rings. The number of hydroxylamine groups is 1. The van der Waals surface area contributed by atoms with Crippen LogP contribution in [0.2, 0.25) is 5.02 Å². The highest BCUT2D eigenvalue weighted by molar-refractivity contribution is 6.31. The first kappa shape index (κ1) is 17.4. The number of aliphatic imine (C=N–C) groups is 1. The lowest BCUT2D eigenvalue weighted by Gasteiger charge is -2.25. The molecule has 0 amide bonds. The first-order valence-electron chi connectivity index (χ1n) is 7.76. The van der Waals surface area contributed by atoms with E-state index in [1.54, 1.807) is 49.5 Å². The number of hydrogen-bond donors (Lipinski definition) is 2. The van der Waals surface area contributed by atoms with Gasteiger partial charge in [-0.25, -0.2) is 4.99 Å². The predicted octanol–water partition coefficient (Wildman–Crippen LogP) is 2.32. The number of halogens is 1. The van der Waals surface area contributed by atoms with Crippen molar-refractivity contribution in [3.05, 3.63) is 69.9 Å². The molecule has 1 aliphatic heterocycles. The third kappa shape index (κ3) is 3.24. The summed E-state index contributed by atoms with van der Waals surface area (Å²) in [6, 6.07) is 14.0. The van der Waals surface area contributed by atoms with Crippen LogP contribution in [0.3, 0.4) is 0 Å². The SMILES string of the molecule is CC(O)N(C)C1=Nc2ccc(Cl)cc2C(c2ccccc2)=[N+]([O-])C1O. The Morgan fingerprint density at radius 1 is 1.24 bits per heavy atom. The lowest BCUT2D eigenvalue weighted by atomic mass is 10.0. The van der Waals surface area contributed by atoms with Crippen LogP contribution in [0.5, 0.6) is 0 Å². The van der Waals surface area contributed by atoms with E-state index in [0.717, 1.165) is 0 Å². The lowest BCUT2D eigenvalue weighted by Crippen LogP contribution is -2.46. The summed E-state index contributed by atoms with van der Waals surface area (Å²) in [5, 5.41) is 33.8. The van der Waals surface area contributed by atoms with Crippen molar-refractivity contribution >= 4 is 28.8 Å². The number of likely N-dealkylation sites (N-methyl/N-ethyl adjacent to an activating group) is 1. The number of benzene rings is 2. The van der Waals surface area contributed by atoms with Crippen molar-refractivity contribution in [2.24, 2.45) is 4.99 Å². The maximum absolute atomic E-state index is 13.0. The fraction of sp³-hybridized carbons (Fsp3) is 0.222. The van der Waals surface area contributed by atoms with Gasteiger partial charge in [-0.3, -0.25) is 0 Å². The molecule has 0 saturated heterocycles. The highest BCUT2D eigenvalue weighted by atomic mass is 35.5. The molecule has 0 radical (unpaired) electrons. The zero-order valence-electron chi connectivity index (χ0n) is 13.8. The number of aliphatic hydroxyl groups is 2. The predicted molar refractivity (Wildman–Crippen MR) is 97.3 cm³/mol. The zero-order valence-corrected chi connectivity index (χ0v) is 14.6. The van der Waals surface area contributed by atoms with Crippen molar-refractivity contribution in [1.29, 1.82) is 0 Å².